The lowest BCUT2D eigenvalue weighted by Gasteiger charge is -2.10. The maximum absolute atomic E-state index is 13.0. The molecule has 100 valence electrons. The molecule has 3 nitrogen and oxygen atoms in total. The molecule has 2 N–H and O–H groups in total. The van der Waals surface area contributed by atoms with E-state index in [1.165, 1.54) is 30.0 Å². The van der Waals surface area contributed by atoms with Crippen molar-refractivity contribution in [3.8, 4) is 0 Å². The van der Waals surface area contributed by atoms with E-state index in [-0.39, 0.29) is 5.82 Å². The maximum atomic E-state index is 13.0. The van der Waals surface area contributed by atoms with Crippen LogP contribution in [-0.4, -0.2) is 24.4 Å². The summed E-state index contributed by atoms with van der Waals surface area (Å²) in [5.74, 6) is 0.162. The number of ether oxygens (including phenoxy) is 1. The SMILES string of the molecule is CCOC(=O)C(N)CSCc1cc(F)ccc1Cl. The molecular formula is C12H15ClFNO2S. The highest BCUT2D eigenvalue weighted by molar-refractivity contribution is 7.98. The quantitative estimate of drug-likeness (QED) is 0.819. The van der Waals surface area contributed by atoms with E-state index in [0.717, 1.165) is 0 Å². The summed E-state index contributed by atoms with van der Waals surface area (Å²) in [6.07, 6.45) is 0. The van der Waals surface area contributed by atoms with E-state index in [2.05, 4.69) is 0 Å². The summed E-state index contributed by atoms with van der Waals surface area (Å²) in [7, 11) is 0. The van der Waals surface area contributed by atoms with E-state index >= 15 is 0 Å². The topological polar surface area (TPSA) is 52.3 Å². The van der Waals surface area contributed by atoms with Crippen molar-refractivity contribution in [3.63, 3.8) is 0 Å². The summed E-state index contributed by atoms with van der Waals surface area (Å²) < 4.78 is 17.8. The number of halogens is 2. The predicted molar refractivity (Wildman–Crippen MR) is 72.2 cm³/mol. The largest absolute Gasteiger partial charge is 0.465 e. The van der Waals surface area contributed by atoms with Gasteiger partial charge in [-0.2, -0.15) is 11.8 Å². The molecule has 6 heteroatoms. The lowest BCUT2D eigenvalue weighted by atomic mass is 10.2. The summed E-state index contributed by atoms with van der Waals surface area (Å²) >= 11 is 7.34. The minimum Gasteiger partial charge on any atom is -0.465 e. The molecule has 0 aliphatic rings. The second-order valence-electron chi connectivity index (χ2n) is 3.61. The Bertz CT molecular complexity index is 417. The molecule has 1 aromatic rings. The molecule has 18 heavy (non-hydrogen) atoms. The van der Waals surface area contributed by atoms with Crippen LogP contribution in [0.4, 0.5) is 4.39 Å². The molecule has 0 amide bonds. The molecule has 0 fully saturated rings. The van der Waals surface area contributed by atoms with Crippen molar-refractivity contribution in [1.82, 2.24) is 0 Å². The van der Waals surface area contributed by atoms with Gasteiger partial charge in [-0.3, -0.25) is 4.79 Å². The zero-order valence-electron chi connectivity index (χ0n) is 9.99. The fourth-order valence-corrected chi connectivity index (χ4v) is 2.50. The third kappa shape index (κ3) is 4.84. The number of esters is 1. The lowest BCUT2D eigenvalue weighted by molar-refractivity contribution is -0.144. The molecule has 0 saturated heterocycles. The molecular weight excluding hydrogens is 277 g/mol. The Morgan fingerprint density at radius 1 is 1.61 bits per heavy atom. The van der Waals surface area contributed by atoms with E-state index in [0.29, 0.717) is 28.7 Å². The molecule has 1 unspecified atom stereocenters. The predicted octanol–water partition coefficient (Wildman–Crippen LogP) is 2.60. The van der Waals surface area contributed by atoms with Crippen LogP contribution in [0.15, 0.2) is 18.2 Å². The van der Waals surface area contributed by atoms with Crippen molar-refractivity contribution < 1.29 is 13.9 Å². The van der Waals surface area contributed by atoms with Crippen LogP contribution >= 0.6 is 23.4 Å². The van der Waals surface area contributed by atoms with Crippen LogP contribution in [0.1, 0.15) is 12.5 Å². The number of rotatable bonds is 6. The van der Waals surface area contributed by atoms with Gasteiger partial charge in [-0.25, -0.2) is 4.39 Å². The summed E-state index contributed by atoms with van der Waals surface area (Å²) in [4.78, 5) is 11.3. The van der Waals surface area contributed by atoms with Gasteiger partial charge in [0.05, 0.1) is 6.61 Å². The van der Waals surface area contributed by atoms with Gasteiger partial charge in [0.15, 0.2) is 0 Å². The average molecular weight is 292 g/mol. The number of carbonyl (C=O) groups excluding carboxylic acids is 1. The summed E-state index contributed by atoms with van der Waals surface area (Å²) in [5, 5.41) is 0.508. The van der Waals surface area contributed by atoms with Gasteiger partial charge in [0.2, 0.25) is 0 Å². The van der Waals surface area contributed by atoms with Crippen molar-refractivity contribution in [2.75, 3.05) is 12.4 Å². The molecule has 0 aromatic heterocycles. The average Bonchev–Trinajstić information content (AvgIpc) is 2.33. The lowest BCUT2D eigenvalue weighted by Crippen LogP contribution is -2.34. The Morgan fingerprint density at radius 3 is 3.00 bits per heavy atom. The molecule has 1 atom stereocenters. The van der Waals surface area contributed by atoms with E-state index in [1.807, 2.05) is 0 Å². The first-order chi connectivity index (χ1) is 8.54. The van der Waals surface area contributed by atoms with Gasteiger partial charge in [-0.1, -0.05) is 11.6 Å². The third-order valence-corrected chi connectivity index (χ3v) is 3.63. The summed E-state index contributed by atoms with van der Waals surface area (Å²) in [6.45, 7) is 2.04. The molecule has 0 aliphatic heterocycles. The first-order valence-electron chi connectivity index (χ1n) is 5.48. The first kappa shape index (κ1) is 15.3. The zero-order valence-corrected chi connectivity index (χ0v) is 11.6. The number of hydrogen-bond donors (Lipinski definition) is 1. The molecule has 0 heterocycles. The zero-order chi connectivity index (χ0) is 13.5. The Morgan fingerprint density at radius 2 is 2.33 bits per heavy atom. The van der Waals surface area contributed by atoms with E-state index < -0.39 is 12.0 Å². The van der Waals surface area contributed by atoms with Crippen molar-refractivity contribution in [2.24, 2.45) is 5.73 Å². The normalized spacial score (nSPS) is 12.2. The van der Waals surface area contributed by atoms with Crippen LogP contribution in [-0.2, 0) is 15.3 Å². The van der Waals surface area contributed by atoms with Crippen molar-refractivity contribution >= 4 is 29.3 Å². The van der Waals surface area contributed by atoms with Gasteiger partial charge in [0, 0.05) is 16.5 Å². The van der Waals surface area contributed by atoms with E-state index in [4.69, 9.17) is 22.1 Å². The minimum absolute atomic E-state index is 0.312. The highest BCUT2D eigenvalue weighted by Gasteiger charge is 2.14. The van der Waals surface area contributed by atoms with Crippen molar-refractivity contribution in [1.29, 1.82) is 0 Å². The van der Waals surface area contributed by atoms with E-state index in [1.54, 1.807) is 6.92 Å². The second-order valence-corrected chi connectivity index (χ2v) is 5.05. The van der Waals surface area contributed by atoms with Crippen LogP contribution in [0.2, 0.25) is 5.02 Å². The Hall–Kier alpha value is -0.780. The fraction of sp³-hybridized carbons (Fsp3) is 0.417. The van der Waals surface area contributed by atoms with Crippen LogP contribution < -0.4 is 5.73 Å². The van der Waals surface area contributed by atoms with Gasteiger partial charge < -0.3 is 10.5 Å². The monoisotopic (exact) mass is 291 g/mol. The van der Waals surface area contributed by atoms with Crippen LogP contribution in [0, 0.1) is 5.82 Å². The number of benzene rings is 1. The third-order valence-electron chi connectivity index (χ3n) is 2.15. The smallest absolute Gasteiger partial charge is 0.323 e. The Labute approximate surface area is 115 Å². The number of thioether (sulfide) groups is 1. The summed E-state index contributed by atoms with van der Waals surface area (Å²) in [5.41, 5.74) is 6.33. The second kappa shape index (κ2) is 7.61. The Kier molecular flexibility index (Phi) is 6.46. The van der Waals surface area contributed by atoms with Crippen molar-refractivity contribution in [2.45, 2.75) is 18.7 Å². The van der Waals surface area contributed by atoms with Crippen LogP contribution in [0.3, 0.4) is 0 Å². The molecule has 0 bridgehead atoms. The van der Waals surface area contributed by atoms with Gasteiger partial charge in [-0.05, 0) is 30.7 Å². The molecule has 1 rings (SSSR count). The standard InChI is InChI=1S/C12H15ClFNO2S/c1-2-17-12(16)11(15)7-18-6-8-5-9(14)3-4-10(8)13/h3-5,11H,2,6-7,15H2,1H3. The van der Waals surface area contributed by atoms with Gasteiger partial charge >= 0.3 is 5.97 Å². The van der Waals surface area contributed by atoms with Gasteiger partial charge in [-0.15, -0.1) is 0 Å². The molecule has 0 radical (unpaired) electrons. The maximum Gasteiger partial charge on any atom is 0.323 e. The van der Waals surface area contributed by atoms with Gasteiger partial charge in [0.1, 0.15) is 11.9 Å². The highest BCUT2D eigenvalue weighted by Crippen LogP contribution is 2.22. The minimum atomic E-state index is -0.665. The number of hydrogen-bond acceptors (Lipinski definition) is 4. The van der Waals surface area contributed by atoms with E-state index in [9.17, 15) is 9.18 Å². The molecule has 0 spiro atoms. The number of nitrogens with two attached hydrogens (primary N) is 1. The Balaban J connectivity index is 2.41. The summed E-state index contributed by atoms with van der Waals surface area (Å²) in [6, 6.07) is 3.53. The molecule has 0 saturated carbocycles. The fourth-order valence-electron chi connectivity index (χ4n) is 1.27. The highest BCUT2D eigenvalue weighted by atomic mass is 35.5. The van der Waals surface area contributed by atoms with Gasteiger partial charge in [0.25, 0.3) is 0 Å². The first-order valence-corrected chi connectivity index (χ1v) is 7.01. The molecule has 0 aliphatic carbocycles. The molecule has 1 aromatic carbocycles. The van der Waals surface area contributed by atoms with Crippen molar-refractivity contribution in [3.05, 3.63) is 34.6 Å². The number of carbonyl (C=O) groups is 1. The van der Waals surface area contributed by atoms with Crippen LogP contribution in [0.5, 0.6) is 0 Å². The van der Waals surface area contributed by atoms with Crippen LogP contribution in [0.25, 0.3) is 0 Å².